The Balaban J connectivity index is 1.25. The SMILES string of the molecule is COC(=O)c1cc(F)c(NC(=O)Cc2ccc3cc2OCCCc2cc(C#N)ccc2COc2cccc-3n2)c(NC[C@@H]2CCO2)c1. The zero-order valence-electron chi connectivity index (χ0n) is 25.8. The molecule has 1 fully saturated rings. The number of ether oxygens (including phenoxy) is 4. The average molecular weight is 637 g/mol. The van der Waals surface area contributed by atoms with Crippen molar-refractivity contribution in [3.63, 3.8) is 0 Å². The number of hydrogen-bond acceptors (Lipinski definition) is 9. The number of nitrogens with one attached hydrogen (secondary N) is 2. The molecule has 2 aliphatic rings. The number of esters is 1. The van der Waals surface area contributed by atoms with Crippen LogP contribution in [-0.2, 0) is 33.7 Å². The van der Waals surface area contributed by atoms with Gasteiger partial charge in [0, 0.05) is 30.3 Å². The monoisotopic (exact) mass is 636 g/mol. The Kier molecular flexibility index (Phi) is 9.59. The number of benzene rings is 3. The maximum atomic E-state index is 15.4. The molecule has 3 heterocycles. The maximum Gasteiger partial charge on any atom is 0.338 e. The number of aryl methyl sites for hydroxylation is 1. The van der Waals surface area contributed by atoms with Crippen molar-refractivity contribution in [3.05, 3.63) is 100 Å². The Bertz CT molecular complexity index is 1850. The van der Waals surface area contributed by atoms with Gasteiger partial charge in [0.2, 0.25) is 11.8 Å². The van der Waals surface area contributed by atoms with Crippen LogP contribution < -0.4 is 20.1 Å². The Labute approximate surface area is 271 Å². The molecule has 0 saturated carbocycles. The Hall–Kier alpha value is -5.47. The van der Waals surface area contributed by atoms with Gasteiger partial charge in [-0.3, -0.25) is 4.79 Å². The zero-order valence-corrected chi connectivity index (χ0v) is 25.8. The molecule has 1 amide bonds. The summed E-state index contributed by atoms with van der Waals surface area (Å²) in [5.74, 6) is -1.00. The summed E-state index contributed by atoms with van der Waals surface area (Å²) in [6.07, 6.45) is 2.01. The van der Waals surface area contributed by atoms with E-state index in [9.17, 15) is 14.9 Å². The van der Waals surface area contributed by atoms with Crippen LogP contribution in [0.3, 0.4) is 0 Å². The number of carbonyl (C=O) groups is 2. The van der Waals surface area contributed by atoms with Crippen LogP contribution in [0.4, 0.5) is 15.8 Å². The normalized spacial score (nSPS) is 15.3. The molecule has 1 atom stereocenters. The summed E-state index contributed by atoms with van der Waals surface area (Å²) in [7, 11) is 1.22. The van der Waals surface area contributed by atoms with Crippen LogP contribution in [0, 0.1) is 17.1 Å². The average Bonchev–Trinajstić information content (AvgIpc) is 3.06. The number of aromatic nitrogens is 1. The summed E-state index contributed by atoms with van der Waals surface area (Å²) in [6, 6.07) is 21.2. The van der Waals surface area contributed by atoms with E-state index >= 15 is 4.39 Å². The molecular formula is C36H33FN4O6. The lowest BCUT2D eigenvalue weighted by Crippen LogP contribution is -2.33. The Morgan fingerprint density at radius 1 is 1.06 bits per heavy atom. The third-order valence-electron chi connectivity index (χ3n) is 8.09. The van der Waals surface area contributed by atoms with Crippen molar-refractivity contribution in [1.82, 2.24) is 4.98 Å². The van der Waals surface area contributed by atoms with E-state index in [0.29, 0.717) is 67.7 Å². The van der Waals surface area contributed by atoms with E-state index in [1.165, 1.54) is 13.2 Å². The van der Waals surface area contributed by atoms with Crippen LogP contribution in [0.25, 0.3) is 11.3 Å². The van der Waals surface area contributed by atoms with Gasteiger partial charge in [-0.15, -0.1) is 0 Å². The minimum atomic E-state index is -0.778. The molecule has 11 heteroatoms. The lowest BCUT2D eigenvalue weighted by atomic mass is 10.0. The third kappa shape index (κ3) is 7.51. The molecule has 0 aliphatic carbocycles. The van der Waals surface area contributed by atoms with Gasteiger partial charge in [0.25, 0.3) is 0 Å². The highest BCUT2D eigenvalue weighted by molar-refractivity contribution is 5.98. The predicted octanol–water partition coefficient (Wildman–Crippen LogP) is 5.83. The van der Waals surface area contributed by atoms with E-state index in [1.54, 1.807) is 18.2 Å². The number of hydrogen-bond donors (Lipinski definition) is 2. The van der Waals surface area contributed by atoms with Gasteiger partial charge in [0.15, 0.2) is 0 Å². The van der Waals surface area contributed by atoms with E-state index in [-0.39, 0.29) is 29.5 Å². The number of pyridine rings is 1. The van der Waals surface area contributed by atoms with Crippen molar-refractivity contribution in [2.45, 2.75) is 38.4 Å². The van der Waals surface area contributed by atoms with Crippen molar-refractivity contribution in [3.8, 4) is 29.0 Å². The van der Waals surface area contributed by atoms with Gasteiger partial charge in [0.05, 0.1) is 54.8 Å². The van der Waals surface area contributed by atoms with Crippen molar-refractivity contribution < 1.29 is 32.9 Å². The first-order valence-corrected chi connectivity index (χ1v) is 15.3. The predicted molar refractivity (Wildman–Crippen MR) is 172 cm³/mol. The van der Waals surface area contributed by atoms with Crippen LogP contribution >= 0.6 is 0 Å². The molecule has 240 valence electrons. The molecule has 1 saturated heterocycles. The van der Waals surface area contributed by atoms with Crippen molar-refractivity contribution in [2.24, 2.45) is 0 Å². The molecule has 2 N–H and O–H groups in total. The second-order valence-corrected chi connectivity index (χ2v) is 11.3. The summed E-state index contributed by atoms with van der Waals surface area (Å²) in [5.41, 5.74) is 4.75. The van der Waals surface area contributed by atoms with E-state index in [4.69, 9.17) is 18.9 Å². The summed E-state index contributed by atoms with van der Waals surface area (Å²) in [4.78, 5) is 30.2. The van der Waals surface area contributed by atoms with Gasteiger partial charge in [-0.25, -0.2) is 14.2 Å². The van der Waals surface area contributed by atoms with Crippen LogP contribution in [0.2, 0.25) is 0 Å². The molecule has 10 nitrogen and oxygen atoms in total. The molecule has 3 aromatic carbocycles. The van der Waals surface area contributed by atoms with E-state index in [1.807, 2.05) is 36.4 Å². The third-order valence-corrected chi connectivity index (χ3v) is 8.09. The first-order valence-electron chi connectivity index (χ1n) is 15.3. The van der Waals surface area contributed by atoms with Gasteiger partial charge >= 0.3 is 5.97 Å². The second kappa shape index (κ2) is 14.3. The number of amides is 1. The first-order chi connectivity index (χ1) is 22.9. The molecule has 4 aromatic rings. The van der Waals surface area contributed by atoms with Crippen LogP contribution in [0.1, 0.15) is 45.5 Å². The number of halogens is 1. The van der Waals surface area contributed by atoms with Crippen molar-refractivity contribution in [1.29, 1.82) is 5.26 Å². The molecule has 6 rings (SSSR count). The lowest BCUT2D eigenvalue weighted by Gasteiger charge is -2.27. The second-order valence-electron chi connectivity index (χ2n) is 11.3. The van der Waals surface area contributed by atoms with Gasteiger partial charge in [-0.1, -0.05) is 24.3 Å². The maximum absolute atomic E-state index is 15.4. The van der Waals surface area contributed by atoms with Crippen molar-refractivity contribution >= 4 is 23.3 Å². The number of methoxy groups -OCH3 is 1. The smallest absolute Gasteiger partial charge is 0.338 e. The van der Waals surface area contributed by atoms with E-state index in [0.717, 1.165) is 29.2 Å². The topological polar surface area (TPSA) is 132 Å². The number of anilines is 2. The Morgan fingerprint density at radius 2 is 1.94 bits per heavy atom. The highest BCUT2D eigenvalue weighted by Crippen LogP contribution is 2.32. The fraction of sp³-hybridized carbons (Fsp3) is 0.278. The lowest BCUT2D eigenvalue weighted by molar-refractivity contribution is -0.115. The first kappa shape index (κ1) is 31.5. The largest absolute Gasteiger partial charge is 0.493 e. The molecular weight excluding hydrogens is 603 g/mol. The number of nitriles is 1. The highest BCUT2D eigenvalue weighted by atomic mass is 19.1. The zero-order chi connectivity index (χ0) is 32.8. The minimum absolute atomic E-state index is 0.0144. The fourth-order valence-corrected chi connectivity index (χ4v) is 5.45. The van der Waals surface area contributed by atoms with Gasteiger partial charge in [-0.2, -0.15) is 5.26 Å². The van der Waals surface area contributed by atoms with Crippen LogP contribution in [-0.4, -0.2) is 49.8 Å². The van der Waals surface area contributed by atoms with Crippen LogP contribution in [0.5, 0.6) is 11.6 Å². The molecule has 0 radical (unpaired) electrons. The van der Waals surface area contributed by atoms with Gasteiger partial charge in [0.1, 0.15) is 23.9 Å². The summed E-state index contributed by atoms with van der Waals surface area (Å²) in [5, 5.41) is 15.2. The molecule has 1 aromatic heterocycles. The summed E-state index contributed by atoms with van der Waals surface area (Å²) in [6.45, 7) is 1.70. The molecule has 2 aliphatic heterocycles. The number of fused-ring (bicyclic) bond motifs is 6. The molecule has 0 spiro atoms. The summed E-state index contributed by atoms with van der Waals surface area (Å²) >= 11 is 0. The van der Waals surface area contributed by atoms with Gasteiger partial charge < -0.3 is 29.6 Å². The standard InChI is InChI=1S/C36H33FN4O6/c1-44-36(43)27-15-29(37)35(31(16-27)39-20-28-11-13-45-28)41-33(42)18-25-10-9-24-17-32(25)46-12-3-4-23-14-22(19-38)7-8-26(23)21-47-34-6-2-5-30(24)40-34/h2,5-10,14-17,28,39H,3-4,11-13,18,20-21H2,1H3,(H,41,42)/t28-/m0/s1. The summed E-state index contributed by atoms with van der Waals surface area (Å²) < 4.78 is 37.9. The molecule has 47 heavy (non-hydrogen) atoms. The fourth-order valence-electron chi connectivity index (χ4n) is 5.45. The number of nitrogens with zero attached hydrogens (tertiary/aromatic N) is 2. The molecule has 0 unspecified atom stereocenters. The van der Waals surface area contributed by atoms with Crippen LogP contribution in [0.15, 0.2) is 66.7 Å². The Morgan fingerprint density at radius 3 is 2.72 bits per heavy atom. The number of carbonyl (C=O) groups excluding carboxylic acids is 2. The van der Waals surface area contributed by atoms with Gasteiger partial charge in [-0.05, 0) is 66.8 Å². The highest BCUT2D eigenvalue weighted by Gasteiger charge is 2.22. The molecule has 4 bridgehead atoms. The minimum Gasteiger partial charge on any atom is -0.493 e. The number of rotatable bonds is 7. The van der Waals surface area contributed by atoms with E-state index in [2.05, 4.69) is 21.7 Å². The van der Waals surface area contributed by atoms with E-state index < -0.39 is 17.7 Å². The quantitative estimate of drug-likeness (QED) is 0.241. The van der Waals surface area contributed by atoms with Crippen molar-refractivity contribution in [2.75, 3.05) is 37.5 Å².